The number of hydrogen-bond acceptors (Lipinski definition) is 13. The first kappa shape index (κ1) is 43.4. The number of ketones is 1. The summed E-state index contributed by atoms with van der Waals surface area (Å²) in [6.07, 6.45) is 7.43. The van der Waals surface area contributed by atoms with Gasteiger partial charge in [-0.2, -0.15) is 0 Å². The number of carbonyl (C=O) groups is 2. The highest BCUT2D eigenvalue weighted by Crippen LogP contribution is 2.39. The lowest BCUT2D eigenvalue weighted by molar-refractivity contribution is -0.384. The van der Waals surface area contributed by atoms with Gasteiger partial charge in [-0.1, -0.05) is 35.7 Å². The summed E-state index contributed by atoms with van der Waals surface area (Å²) < 4.78 is 40.9. The van der Waals surface area contributed by atoms with Crippen molar-refractivity contribution in [3.63, 3.8) is 0 Å². The minimum atomic E-state index is -4.64. The molecule has 18 heteroatoms. The number of sulfonamides is 1. The van der Waals surface area contributed by atoms with Crippen LogP contribution in [0.2, 0.25) is 5.02 Å². The molecular weight excluding hydrogens is 860 g/mol. The average Bonchev–Trinajstić information content (AvgIpc) is 3.55. The fourth-order valence-electron chi connectivity index (χ4n) is 9.09. The molecule has 3 aromatic carbocycles. The predicted octanol–water partition coefficient (Wildman–Crippen LogP) is 7.68. The molecule has 334 valence electrons. The number of halogens is 1. The number of aromatic nitrogens is 2. The van der Waals surface area contributed by atoms with Crippen molar-refractivity contribution in [2.45, 2.75) is 56.1 Å². The zero-order valence-corrected chi connectivity index (χ0v) is 36.8. The van der Waals surface area contributed by atoms with Crippen LogP contribution in [0.4, 0.5) is 28.4 Å². The SMILES string of the molecule is O=C(NS(=O)(=O)c1ccc(N[C@H]2COCCO2)c([N+](=O)[O-])c1)c1ccc(N2CCN(CC3=C(c4ccc(Cl)cc4)CCCCC3)CC2)cc1N1CCCC(=O)c2nc3[nH]ccc3cc21. The smallest absolute Gasteiger partial charge is 0.293 e. The van der Waals surface area contributed by atoms with Gasteiger partial charge in [0.15, 0.2) is 12.0 Å². The van der Waals surface area contributed by atoms with Gasteiger partial charge in [-0.25, -0.2) is 18.1 Å². The van der Waals surface area contributed by atoms with Crippen LogP contribution in [0.1, 0.15) is 71.4 Å². The van der Waals surface area contributed by atoms with Crippen LogP contribution in [0.15, 0.2) is 89.5 Å². The first-order valence-corrected chi connectivity index (χ1v) is 23.6. The molecule has 4 aliphatic rings. The molecular formula is C46H49ClN8O8S. The number of pyridine rings is 1. The molecule has 1 aliphatic carbocycles. The molecule has 1 amide bonds. The van der Waals surface area contributed by atoms with Crippen molar-refractivity contribution in [1.29, 1.82) is 0 Å². The second-order valence-electron chi connectivity index (χ2n) is 16.5. The molecule has 0 saturated carbocycles. The lowest BCUT2D eigenvalue weighted by Crippen LogP contribution is -2.47. The maximum atomic E-state index is 14.4. The number of Topliss-reactive ketones (excluding diaryl/α,β-unsaturated/α-hetero) is 1. The molecule has 3 N–H and O–H groups in total. The number of rotatable bonds is 11. The Morgan fingerprint density at radius 1 is 0.906 bits per heavy atom. The van der Waals surface area contributed by atoms with Gasteiger partial charge in [0.25, 0.3) is 21.6 Å². The molecule has 16 nitrogen and oxygen atoms in total. The number of amides is 1. The molecule has 3 aliphatic heterocycles. The number of H-pyrrole nitrogens is 1. The summed E-state index contributed by atoms with van der Waals surface area (Å²) in [5, 5.41) is 16.5. The Labute approximate surface area is 375 Å². The number of nitro groups is 1. The van der Waals surface area contributed by atoms with Gasteiger partial charge in [-0.05, 0) is 97.8 Å². The number of ether oxygens (including phenoxy) is 2. The zero-order valence-electron chi connectivity index (χ0n) is 35.2. The van der Waals surface area contributed by atoms with Crippen LogP contribution in [-0.4, -0.2) is 105 Å². The van der Waals surface area contributed by atoms with E-state index in [-0.39, 0.29) is 35.8 Å². The van der Waals surface area contributed by atoms with Gasteiger partial charge in [-0.3, -0.25) is 24.6 Å². The van der Waals surface area contributed by atoms with Crippen molar-refractivity contribution < 1.29 is 32.4 Å². The zero-order chi connectivity index (χ0) is 44.4. The van der Waals surface area contributed by atoms with Crippen LogP contribution in [0.25, 0.3) is 16.6 Å². The van der Waals surface area contributed by atoms with Crippen LogP contribution in [0.5, 0.6) is 0 Å². The number of hydrogen-bond donors (Lipinski definition) is 3. The molecule has 9 rings (SSSR count). The second-order valence-corrected chi connectivity index (χ2v) is 18.6. The summed E-state index contributed by atoms with van der Waals surface area (Å²) in [5.41, 5.74) is 6.25. The average molecular weight is 909 g/mol. The lowest BCUT2D eigenvalue weighted by atomic mass is 9.95. The first-order valence-electron chi connectivity index (χ1n) is 21.7. The van der Waals surface area contributed by atoms with Crippen molar-refractivity contribution in [3.05, 3.63) is 117 Å². The van der Waals surface area contributed by atoms with E-state index in [2.05, 4.69) is 37.0 Å². The largest absolute Gasteiger partial charge is 0.374 e. The number of carbonyl (C=O) groups excluding carboxylic acids is 2. The maximum absolute atomic E-state index is 14.4. The summed E-state index contributed by atoms with van der Waals surface area (Å²) in [5.74, 6) is -1.08. The second kappa shape index (κ2) is 18.7. The van der Waals surface area contributed by atoms with E-state index in [0.717, 1.165) is 54.6 Å². The minimum Gasteiger partial charge on any atom is -0.374 e. The Hall–Kier alpha value is -5.85. The van der Waals surface area contributed by atoms with Gasteiger partial charge >= 0.3 is 0 Å². The van der Waals surface area contributed by atoms with E-state index in [0.29, 0.717) is 56.3 Å². The Kier molecular flexibility index (Phi) is 12.7. The lowest BCUT2D eigenvalue weighted by Gasteiger charge is -2.37. The van der Waals surface area contributed by atoms with Crippen LogP contribution in [-0.2, 0) is 19.5 Å². The number of piperazine rings is 1. The van der Waals surface area contributed by atoms with Crippen LogP contribution >= 0.6 is 11.6 Å². The summed E-state index contributed by atoms with van der Waals surface area (Å²) in [6.45, 7) is 5.12. The summed E-state index contributed by atoms with van der Waals surface area (Å²) in [7, 11) is -4.64. The molecule has 0 spiro atoms. The van der Waals surface area contributed by atoms with Gasteiger partial charge < -0.3 is 29.6 Å². The van der Waals surface area contributed by atoms with Gasteiger partial charge in [0.1, 0.15) is 17.0 Å². The Morgan fingerprint density at radius 3 is 2.50 bits per heavy atom. The van der Waals surface area contributed by atoms with Gasteiger partial charge in [0.05, 0.1) is 46.6 Å². The summed E-state index contributed by atoms with van der Waals surface area (Å²) in [6, 6.07) is 20.5. The van der Waals surface area contributed by atoms with Crippen LogP contribution < -0.4 is 19.8 Å². The third-order valence-corrected chi connectivity index (χ3v) is 14.0. The highest BCUT2D eigenvalue weighted by Gasteiger charge is 2.31. The fourth-order valence-corrected chi connectivity index (χ4v) is 10.2. The molecule has 2 fully saturated rings. The number of anilines is 4. The van der Waals surface area contributed by atoms with E-state index in [9.17, 15) is 28.1 Å². The first-order chi connectivity index (χ1) is 31.0. The van der Waals surface area contributed by atoms with E-state index < -0.39 is 37.7 Å². The summed E-state index contributed by atoms with van der Waals surface area (Å²) >= 11 is 6.24. The van der Waals surface area contributed by atoms with Crippen molar-refractivity contribution in [2.75, 3.05) is 74.2 Å². The topological polar surface area (TPSA) is 192 Å². The van der Waals surface area contributed by atoms with E-state index in [1.807, 2.05) is 41.3 Å². The number of nitrogens with zero attached hydrogens (tertiary/aromatic N) is 5. The van der Waals surface area contributed by atoms with Crippen molar-refractivity contribution in [3.8, 4) is 0 Å². The Morgan fingerprint density at radius 2 is 1.72 bits per heavy atom. The van der Waals surface area contributed by atoms with Crippen LogP contribution in [0.3, 0.4) is 0 Å². The molecule has 2 saturated heterocycles. The van der Waals surface area contributed by atoms with E-state index in [4.69, 9.17) is 26.1 Å². The van der Waals surface area contributed by atoms with Gasteiger partial charge in [0.2, 0.25) is 0 Å². The maximum Gasteiger partial charge on any atom is 0.293 e. The van der Waals surface area contributed by atoms with Gasteiger partial charge in [-0.15, -0.1) is 0 Å². The predicted molar refractivity (Wildman–Crippen MR) is 245 cm³/mol. The number of benzene rings is 3. The third kappa shape index (κ3) is 9.35. The third-order valence-electron chi connectivity index (χ3n) is 12.4. The van der Waals surface area contributed by atoms with Crippen molar-refractivity contribution in [1.82, 2.24) is 19.6 Å². The molecule has 0 unspecified atom stereocenters. The molecule has 1 atom stereocenters. The standard InChI is InChI=1S/C46H49ClN8O8S/c47-33-10-8-30(9-11-33)36-6-3-1-2-5-32(36)28-52-19-21-53(22-20-52)34-12-14-37(39(26-34)54-18-4-7-42(56)44-41(54)25-31-16-17-48-45(31)50-44)46(57)51-64(60,61)35-13-15-38(40(27-35)55(58)59)49-43-29-62-23-24-63-43/h8-17,25-27,43,49H,1-7,18-24,28-29H2,(H,48,50)(H,51,57)/t43-/m1/s1. The molecule has 2 aromatic heterocycles. The fraction of sp³-hybridized carbons (Fsp3) is 0.370. The number of aromatic amines is 1. The molecule has 5 heterocycles. The normalized spacial score (nSPS) is 19.0. The number of nitrogens with one attached hydrogen (secondary N) is 3. The number of fused-ring (bicyclic) bond motifs is 2. The Balaban J connectivity index is 1.01. The van der Waals surface area contributed by atoms with E-state index in [1.54, 1.807) is 12.3 Å². The van der Waals surface area contributed by atoms with Gasteiger partial charge in [0, 0.05) is 74.0 Å². The minimum absolute atomic E-state index is 0.0354. The Bertz CT molecular complexity index is 2730. The van der Waals surface area contributed by atoms with Crippen molar-refractivity contribution >= 4 is 78.4 Å². The monoisotopic (exact) mass is 908 g/mol. The number of nitro benzene ring substituents is 1. The van der Waals surface area contributed by atoms with Crippen LogP contribution in [0, 0.1) is 10.1 Å². The molecule has 5 aromatic rings. The molecule has 64 heavy (non-hydrogen) atoms. The highest BCUT2D eigenvalue weighted by molar-refractivity contribution is 7.90. The quantitative estimate of drug-likeness (QED) is 0.0864. The molecule has 0 bridgehead atoms. The van der Waals surface area contributed by atoms with E-state index in [1.165, 1.54) is 48.1 Å². The van der Waals surface area contributed by atoms with Crippen molar-refractivity contribution in [2.24, 2.45) is 0 Å². The number of allylic oxidation sites excluding steroid dienone is 1. The highest BCUT2D eigenvalue weighted by atomic mass is 35.5. The molecule has 0 radical (unpaired) electrons. The summed E-state index contributed by atoms with van der Waals surface area (Å²) in [4.78, 5) is 53.2. The van der Waals surface area contributed by atoms with E-state index >= 15 is 0 Å².